The van der Waals surface area contributed by atoms with E-state index in [9.17, 15) is 4.79 Å². The van der Waals surface area contributed by atoms with Gasteiger partial charge in [0.2, 0.25) is 0 Å². The molecule has 25 heavy (non-hydrogen) atoms. The molecule has 0 aliphatic carbocycles. The number of carbonyl (C=O) groups is 1. The first-order valence-electron chi connectivity index (χ1n) is 8.65. The number of amides is 1. The van der Waals surface area contributed by atoms with Gasteiger partial charge in [-0.15, -0.1) is 0 Å². The highest BCUT2D eigenvalue weighted by molar-refractivity contribution is 5.91. The molecular formula is C20H29N2O3+. The Morgan fingerprint density at radius 1 is 1.12 bits per heavy atom. The Morgan fingerprint density at radius 2 is 1.84 bits per heavy atom. The second kappa shape index (κ2) is 8.83. The Labute approximate surface area is 150 Å². The van der Waals surface area contributed by atoms with Crippen molar-refractivity contribution in [3.8, 4) is 0 Å². The minimum absolute atomic E-state index is 0.0590. The Morgan fingerprint density at radius 3 is 2.48 bits per heavy atom. The fourth-order valence-electron chi connectivity index (χ4n) is 2.59. The normalized spacial score (nSPS) is 12.8. The zero-order chi connectivity index (χ0) is 18.3. The molecule has 2 N–H and O–H groups in total. The van der Waals surface area contributed by atoms with E-state index in [0.29, 0.717) is 18.9 Å². The van der Waals surface area contributed by atoms with E-state index in [4.69, 9.17) is 9.15 Å². The van der Waals surface area contributed by atoms with Crippen LogP contribution in [0.2, 0.25) is 0 Å². The molecule has 2 rings (SSSR count). The van der Waals surface area contributed by atoms with Gasteiger partial charge >= 0.3 is 0 Å². The lowest BCUT2D eigenvalue weighted by Crippen LogP contribution is -3.16. The maximum Gasteiger partial charge on any atom is 0.287 e. The molecule has 0 spiro atoms. The zero-order valence-corrected chi connectivity index (χ0v) is 15.6. The molecule has 1 aromatic heterocycles. The van der Waals surface area contributed by atoms with Crippen molar-refractivity contribution in [3.63, 3.8) is 0 Å². The Kier molecular flexibility index (Phi) is 6.79. The molecule has 136 valence electrons. The van der Waals surface area contributed by atoms with E-state index in [1.165, 1.54) is 10.5 Å². The Bertz CT molecular complexity index is 659. The van der Waals surface area contributed by atoms with Gasteiger partial charge in [-0.2, -0.15) is 0 Å². The van der Waals surface area contributed by atoms with Crippen LogP contribution in [0.5, 0.6) is 0 Å². The summed E-state index contributed by atoms with van der Waals surface area (Å²) in [5.41, 5.74) is 1.35. The first kappa shape index (κ1) is 19.2. The second-order valence-corrected chi connectivity index (χ2v) is 7.21. The van der Waals surface area contributed by atoms with Crippen molar-refractivity contribution >= 4 is 5.91 Å². The average molecular weight is 345 g/mol. The quantitative estimate of drug-likeness (QED) is 0.720. The Balaban J connectivity index is 2.03. The smallest absolute Gasteiger partial charge is 0.287 e. The standard InChI is InChI=1S/C20H28N2O3/c1-20(2,3)22(14-16-8-6-5-7-9-16)15-17-10-11-18(25-17)19(23)21-12-13-24-4/h5-11H,12-15H2,1-4H3,(H,21,23)/p+1. The third-order valence-corrected chi connectivity index (χ3v) is 4.19. The number of quaternary nitrogens is 1. The fraction of sp³-hybridized carbons (Fsp3) is 0.450. The van der Waals surface area contributed by atoms with Gasteiger partial charge in [0.05, 0.1) is 12.1 Å². The van der Waals surface area contributed by atoms with Gasteiger partial charge in [-0.3, -0.25) is 4.79 Å². The minimum atomic E-state index is -0.205. The van der Waals surface area contributed by atoms with Crippen LogP contribution >= 0.6 is 0 Å². The maximum atomic E-state index is 12.0. The molecule has 0 saturated heterocycles. The summed E-state index contributed by atoms with van der Waals surface area (Å²) < 4.78 is 10.7. The average Bonchev–Trinajstić information content (AvgIpc) is 3.03. The summed E-state index contributed by atoms with van der Waals surface area (Å²) in [5.74, 6) is 0.959. The molecule has 0 aliphatic heterocycles. The van der Waals surface area contributed by atoms with Gasteiger partial charge in [-0.1, -0.05) is 30.3 Å². The van der Waals surface area contributed by atoms with E-state index >= 15 is 0 Å². The number of nitrogens with one attached hydrogen (secondary N) is 2. The minimum Gasteiger partial charge on any atom is -0.450 e. The van der Waals surface area contributed by atoms with Crippen LogP contribution in [0.1, 0.15) is 42.6 Å². The molecule has 2 aromatic rings. The van der Waals surface area contributed by atoms with Gasteiger partial charge in [0.25, 0.3) is 5.91 Å². The van der Waals surface area contributed by atoms with Crippen LogP contribution in [0.25, 0.3) is 0 Å². The largest absolute Gasteiger partial charge is 0.450 e. The number of ether oxygens (including phenoxy) is 1. The lowest BCUT2D eigenvalue weighted by atomic mass is 10.0. The molecule has 0 bridgehead atoms. The molecule has 5 nitrogen and oxygen atoms in total. The number of methoxy groups -OCH3 is 1. The van der Waals surface area contributed by atoms with Crippen molar-refractivity contribution in [2.45, 2.75) is 39.4 Å². The summed E-state index contributed by atoms with van der Waals surface area (Å²) in [5, 5.41) is 2.77. The summed E-state index contributed by atoms with van der Waals surface area (Å²) in [4.78, 5) is 13.4. The molecule has 1 atom stereocenters. The van der Waals surface area contributed by atoms with Crippen LogP contribution in [0.4, 0.5) is 0 Å². The molecule has 5 heteroatoms. The molecule has 1 aromatic carbocycles. The third-order valence-electron chi connectivity index (χ3n) is 4.19. The molecule has 0 fully saturated rings. The van der Waals surface area contributed by atoms with Crippen LogP contribution in [0.15, 0.2) is 46.9 Å². The monoisotopic (exact) mass is 345 g/mol. The van der Waals surface area contributed by atoms with E-state index in [2.05, 4.69) is 50.4 Å². The molecule has 0 radical (unpaired) electrons. The van der Waals surface area contributed by atoms with Gasteiger partial charge in [-0.05, 0) is 32.9 Å². The van der Waals surface area contributed by atoms with E-state index in [1.807, 2.05) is 12.1 Å². The van der Waals surface area contributed by atoms with Crippen molar-refractivity contribution in [1.29, 1.82) is 0 Å². The van der Waals surface area contributed by atoms with E-state index in [1.54, 1.807) is 13.2 Å². The van der Waals surface area contributed by atoms with Gasteiger partial charge in [0.1, 0.15) is 13.1 Å². The SMILES string of the molecule is COCCNC(=O)c1ccc(C[NH+](Cc2ccccc2)C(C)(C)C)o1. The van der Waals surface area contributed by atoms with E-state index < -0.39 is 0 Å². The molecule has 1 amide bonds. The van der Waals surface area contributed by atoms with Gasteiger partial charge in [-0.25, -0.2) is 0 Å². The Hall–Kier alpha value is -2.11. The van der Waals surface area contributed by atoms with Crippen LogP contribution in [-0.2, 0) is 17.8 Å². The van der Waals surface area contributed by atoms with Crippen molar-refractivity contribution in [1.82, 2.24) is 5.32 Å². The number of hydrogen-bond donors (Lipinski definition) is 2. The van der Waals surface area contributed by atoms with Crippen LogP contribution < -0.4 is 10.2 Å². The summed E-state index contributed by atoms with van der Waals surface area (Å²) in [6.07, 6.45) is 0. The highest BCUT2D eigenvalue weighted by Gasteiger charge is 2.27. The lowest BCUT2D eigenvalue weighted by Gasteiger charge is -2.31. The molecular weight excluding hydrogens is 316 g/mol. The zero-order valence-electron chi connectivity index (χ0n) is 15.6. The topological polar surface area (TPSA) is 55.9 Å². The van der Waals surface area contributed by atoms with Gasteiger partial charge in [0.15, 0.2) is 11.5 Å². The van der Waals surface area contributed by atoms with Gasteiger partial charge < -0.3 is 19.4 Å². The number of rotatable bonds is 8. The number of carbonyl (C=O) groups excluding carboxylic acids is 1. The number of benzene rings is 1. The van der Waals surface area contributed by atoms with Gasteiger partial charge in [0, 0.05) is 19.2 Å². The second-order valence-electron chi connectivity index (χ2n) is 7.21. The summed E-state index contributed by atoms with van der Waals surface area (Å²) in [6.45, 7) is 9.23. The molecule has 1 heterocycles. The number of furan rings is 1. The highest BCUT2D eigenvalue weighted by atomic mass is 16.5. The molecule has 0 aliphatic rings. The van der Waals surface area contributed by atoms with E-state index in [-0.39, 0.29) is 11.4 Å². The van der Waals surface area contributed by atoms with Crippen molar-refractivity contribution in [2.24, 2.45) is 0 Å². The van der Waals surface area contributed by atoms with E-state index in [0.717, 1.165) is 18.8 Å². The summed E-state index contributed by atoms with van der Waals surface area (Å²) in [6, 6.07) is 14.1. The van der Waals surface area contributed by atoms with Crippen LogP contribution in [-0.4, -0.2) is 31.7 Å². The first-order valence-corrected chi connectivity index (χ1v) is 8.65. The molecule has 1 unspecified atom stereocenters. The predicted octanol–water partition coefficient (Wildman–Crippen LogP) is 2.04. The van der Waals surface area contributed by atoms with Crippen LogP contribution in [0.3, 0.4) is 0 Å². The fourth-order valence-corrected chi connectivity index (χ4v) is 2.59. The van der Waals surface area contributed by atoms with Crippen molar-refractivity contribution < 1.29 is 18.8 Å². The number of hydrogen-bond acceptors (Lipinski definition) is 3. The predicted molar refractivity (Wildman–Crippen MR) is 97.5 cm³/mol. The lowest BCUT2D eigenvalue weighted by molar-refractivity contribution is -0.973. The first-order chi connectivity index (χ1) is 11.9. The molecule has 0 saturated carbocycles. The van der Waals surface area contributed by atoms with Crippen molar-refractivity contribution in [3.05, 3.63) is 59.5 Å². The highest BCUT2D eigenvalue weighted by Crippen LogP contribution is 2.08. The third kappa shape index (κ3) is 6.03. The van der Waals surface area contributed by atoms with Crippen molar-refractivity contribution in [2.75, 3.05) is 20.3 Å². The summed E-state index contributed by atoms with van der Waals surface area (Å²) in [7, 11) is 1.60. The maximum absolute atomic E-state index is 12.0. The summed E-state index contributed by atoms with van der Waals surface area (Å²) >= 11 is 0. The van der Waals surface area contributed by atoms with Crippen LogP contribution in [0, 0.1) is 0 Å².